The molecular formula is C15H11F2N5O. The number of rotatable bonds is 3. The molecule has 0 saturated heterocycles. The summed E-state index contributed by atoms with van der Waals surface area (Å²) in [6.45, 7) is 0. The van der Waals surface area contributed by atoms with Crippen LogP contribution in [0.25, 0.3) is 16.8 Å². The van der Waals surface area contributed by atoms with Crippen LogP contribution in [0.5, 0.6) is 5.75 Å². The molecule has 2 heterocycles. The Morgan fingerprint density at radius 3 is 2.74 bits per heavy atom. The van der Waals surface area contributed by atoms with Crippen molar-refractivity contribution in [3.63, 3.8) is 0 Å². The van der Waals surface area contributed by atoms with E-state index < -0.39 is 11.6 Å². The summed E-state index contributed by atoms with van der Waals surface area (Å²) in [4.78, 5) is 8.67. The standard InChI is InChI=1S/C15H11F2N5O/c1-23-9-3-5-13-12(7-9)19-15-20-14(21-22(13)15)18-8-2-4-10(16)11(17)6-8/h2-7H,1H3,(H2,18,19,20,21). The van der Waals surface area contributed by atoms with Crippen LogP contribution in [0.15, 0.2) is 36.4 Å². The Bertz CT molecular complexity index is 1020. The summed E-state index contributed by atoms with van der Waals surface area (Å²) in [6.07, 6.45) is 0. The third kappa shape index (κ3) is 2.24. The SMILES string of the molecule is COc1ccc2c(c1)nc1nc(Nc3ccc(F)c(F)c3)[nH]n12. The van der Waals surface area contributed by atoms with Gasteiger partial charge in [-0.15, -0.1) is 0 Å². The molecule has 23 heavy (non-hydrogen) atoms. The fourth-order valence-corrected chi connectivity index (χ4v) is 2.36. The van der Waals surface area contributed by atoms with Crippen molar-refractivity contribution in [1.29, 1.82) is 0 Å². The second-order valence-electron chi connectivity index (χ2n) is 4.93. The number of nitrogens with one attached hydrogen (secondary N) is 2. The van der Waals surface area contributed by atoms with Crippen molar-refractivity contribution in [2.75, 3.05) is 12.4 Å². The van der Waals surface area contributed by atoms with Gasteiger partial charge in [0.1, 0.15) is 5.75 Å². The van der Waals surface area contributed by atoms with E-state index >= 15 is 0 Å². The number of imidazole rings is 1. The van der Waals surface area contributed by atoms with Crippen molar-refractivity contribution in [2.24, 2.45) is 0 Å². The first-order valence-corrected chi connectivity index (χ1v) is 6.78. The molecule has 4 rings (SSSR count). The number of hydrogen-bond donors (Lipinski definition) is 2. The summed E-state index contributed by atoms with van der Waals surface area (Å²) < 4.78 is 33.0. The Morgan fingerprint density at radius 2 is 1.96 bits per heavy atom. The minimum absolute atomic E-state index is 0.372. The lowest BCUT2D eigenvalue weighted by molar-refractivity contribution is 0.415. The topological polar surface area (TPSA) is 67.2 Å². The van der Waals surface area contributed by atoms with E-state index in [-0.39, 0.29) is 0 Å². The summed E-state index contributed by atoms with van der Waals surface area (Å²) in [7, 11) is 1.59. The van der Waals surface area contributed by atoms with Gasteiger partial charge in [-0.25, -0.2) is 18.3 Å². The highest BCUT2D eigenvalue weighted by molar-refractivity contribution is 5.81. The number of ether oxygens (including phenoxy) is 1. The number of halogens is 2. The molecule has 116 valence electrons. The zero-order chi connectivity index (χ0) is 16.0. The number of benzene rings is 2. The lowest BCUT2D eigenvalue weighted by Gasteiger charge is -2.02. The van der Waals surface area contributed by atoms with Gasteiger partial charge in [0.05, 0.1) is 18.1 Å². The molecule has 0 saturated carbocycles. The average molecular weight is 315 g/mol. The summed E-state index contributed by atoms with van der Waals surface area (Å²) >= 11 is 0. The first kappa shape index (κ1) is 13.5. The number of anilines is 2. The number of aromatic amines is 1. The van der Waals surface area contributed by atoms with Gasteiger partial charge >= 0.3 is 0 Å². The van der Waals surface area contributed by atoms with Crippen LogP contribution in [-0.4, -0.2) is 26.7 Å². The van der Waals surface area contributed by atoms with E-state index in [4.69, 9.17) is 4.74 Å². The van der Waals surface area contributed by atoms with E-state index in [0.29, 0.717) is 23.2 Å². The number of H-pyrrole nitrogens is 1. The first-order chi connectivity index (χ1) is 11.1. The number of methoxy groups -OCH3 is 1. The zero-order valence-electron chi connectivity index (χ0n) is 12.0. The van der Waals surface area contributed by atoms with Crippen molar-refractivity contribution < 1.29 is 13.5 Å². The van der Waals surface area contributed by atoms with E-state index in [0.717, 1.165) is 23.2 Å². The molecular weight excluding hydrogens is 304 g/mol. The van der Waals surface area contributed by atoms with Gasteiger partial charge in [-0.2, -0.15) is 4.98 Å². The fraction of sp³-hybridized carbons (Fsp3) is 0.0667. The average Bonchev–Trinajstić information content (AvgIpc) is 3.07. The van der Waals surface area contributed by atoms with Crippen LogP contribution in [0.3, 0.4) is 0 Å². The van der Waals surface area contributed by atoms with Crippen LogP contribution < -0.4 is 10.1 Å². The predicted octanol–water partition coefficient (Wildman–Crippen LogP) is 3.24. The van der Waals surface area contributed by atoms with Crippen molar-refractivity contribution in [3.05, 3.63) is 48.0 Å². The highest BCUT2D eigenvalue weighted by atomic mass is 19.2. The van der Waals surface area contributed by atoms with E-state index in [1.165, 1.54) is 6.07 Å². The molecule has 2 aromatic carbocycles. The summed E-state index contributed by atoms with van der Waals surface area (Å²) in [5.74, 6) is -0.290. The fourth-order valence-electron chi connectivity index (χ4n) is 2.36. The van der Waals surface area contributed by atoms with Crippen LogP contribution in [0.2, 0.25) is 0 Å². The Morgan fingerprint density at radius 1 is 1.09 bits per heavy atom. The molecule has 0 bridgehead atoms. The molecule has 0 aliphatic rings. The normalized spacial score (nSPS) is 11.3. The maximum Gasteiger partial charge on any atom is 0.253 e. The van der Waals surface area contributed by atoms with E-state index in [2.05, 4.69) is 20.4 Å². The monoisotopic (exact) mass is 315 g/mol. The van der Waals surface area contributed by atoms with Gasteiger partial charge in [0, 0.05) is 17.8 Å². The highest BCUT2D eigenvalue weighted by Crippen LogP contribution is 2.23. The van der Waals surface area contributed by atoms with Crippen molar-refractivity contribution >= 4 is 28.4 Å². The Hall–Kier alpha value is -3.16. The van der Waals surface area contributed by atoms with Gasteiger partial charge in [-0.1, -0.05) is 0 Å². The van der Waals surface area contributed by atoms with Crippen LogP contribution in [0.1, 0.15) is 0 Å². The molecule has 8 heteroatoms. The predicted molar refractivity (Wildman–Crippen MR) is 81.0 cm³/mol. The molecule has 6 nitrogen and oxygen atoms in total. The number of aromatic nitrogens is 4. The van der Waals surface area contributed by atoms with Gasteiger partial charge in [-0.3, -0.25) is 5.10 Å². The van der Waals surface area contributed by atoms with E-state index in [9.17, 15) is 8.78 Å². The van der Waals surface area contributed by atoms with Crippen LogP contribution in [-0.2, 0) is 0 Å². The molecule has 0 spiro atoms. The molecule has 0 atom stereocenters. The number of nitrogens with zero attached hydrogens (tertiary/aromatic N) is 3. The van der Waals surface area contributed by atoms with Crippen LogP contribution in [0.4, 0.5) is 20.4 Å². The maximum atomic E-state index is 13.2. The van der Waals surface area contributed by atoms with Gasteiger partial charge in [-0.05, 0) is 24.3 Å². The van der Waals surface area contributed by atoms with Crippen molar-refractivity contribution in [1.82, 2.24) is 19.6 Å². The third-order valence-corrected chi connectivity index (χ3v) is 3.46. The summed E-state index contributed by atoms with van der Waals surface area (Å²) in [6, 6.07) is 9.01. The molecule has 0 amide bonds. The smallest absolute Gasteiger partial charge is 0.253 e. The van der Waals surface area contributed by atoms with Gasteiger partial charge in [0.25, 0.3) is 5.78 Å². The first-order valence-electron chi connectivity index (χ1n) is 6.78. The number of fused-ring (bicyclic) bond motifs is 3. The minimum Gasteiger partial charge on any atom is -0.497 e. The molecule has 0 unspecified atom stereocenters. The lowest BCUT2D eigenvalue weighted by Crippen LogP contribution is -1.95. The van der Waals surface area contributed by atoms with Gasteiger partial charge in [0.15, 0.2) is 11.6 Å². The largest absolute Gasteiger partial charge is 0.497 e. The minimum atomic E-state index is -0.927. The Balaban J connectivity index is 1.72. The Kier molecular flexibility index (Phi) is 2.90. The Labute approximate surface area is 128 Å². The molecule has 2 N–H and O–H groups in total. The van der Waals surface area contributed by atoms with Crippen LogP contribution in [0, 0.1) is 11.6 Å². The summed E-state index contributed by atoms with van der Waals surface area (Å²) in [5.41, 5.74) is 1.95. The summed E-state index contributed by atoms with van der Waals surface area (Å²) in [5, 5.41) is 5.89. The van der Waals surface area contributed by atoms with E-state index in [1.54, 1.807) is 17.7 Å². The zero-order valence-corrected chi connectivity index (χ0v) is 12.0. The maximum absolute atomic E-state index is 13.2. The lowest BCUT2D eigenvalue weighted by atomic mass is 10.3. The highest BCUT2D eigenvalue weighted by Gasteiger charge is 2.11. The van der Waals surface area contributed by atoms with Crippen molar-refractivity contribution in [2.45, 2.75) is 0 Å². The molecule has 0 aliphatic heterocycles. The molecule has 4 aromatic rings. The molecule has 2 aromatic heterocycles. The number of hydrogen-bond acceptors (Lipinski definition) is 4. The third-order valence-electron chi connectivity index (χ3n) is 3.46. The van der Waals surface area contributed by atoms with Gasteiger partial charge in [0.2, 0.25) is 5.95 Å². The molecule has 0 aliphatic carbocycles. The molecule has 0 radical (unpaired) electrons. The quantitative estimate of drug-likeness (QED) is 0.609. The van der Waals surface area contributed by atoms with Crippen molar-refractivity contribution in [3.8, 4) is 5.75 Å². The molecule has 0 fully saturated rings. The second-order valence-corrected chi connectivity index (χ2v) is 4.93. The van der Waals surface area contributed by atoms with Gasteiger partial charge < -0.3 is 10.1 Å². The van der Waals surface area contributed by atoms with E-state index in [1.807, 2.05) is 12.1 Å². The second kappa shape index (κ2) is 4.94. The van der Waals surface area contributed by atoms with Crippen LogP contribution >= 0.6 is 0 Å².